The number of nitrogens with one attached hydrogen (secondary N) is 1. The lowest BCUT2D eigenvalue weighted by Gasteiger charge is -2.15. The number of ether oxygens (including phenoxy) is 2. The molecule has 1 aromatic heterocycles. The molecule has 1 aliphatic carbocycles. The molecule has 0 radical (unpaired) electrons. The molecule has 3 rings (SSSR count). The van der Waals surface area contributed by atoms with Crippen LogP contribution in [0.25, 0.3) is 0 Å². The minimum Gasteiger partial charge on any atom is -0.493 e. The Morgan fingerprint density at radius 1 is 1.13 bits per heavy atom. The number of thioether (sulfide) groups is 1. The molecule has 6 nitrogen and oxygen atoms in total. The number of aryl methyl sites for hydroxylation is 2. The van der Waals surface area contributed by atoms with Gasteiger partial charge in [-0.2, -0.15) is 5.26 Å². The van der Waals surface area contributed by atoms with Crippen LogP contribution in [0.4, 0.5) is 0 Å². The summed E-state index contributed by atoms with van der Waals surface area (Å²) in [6.07, 6.45) is 7.37. The summed E-state index contributed by atoms with van der Waals surface area (Å²) in [6, 6.07) is 9.97. The first-order chi connectivity index (χ1) is 15.1. The van der Waals surface area contributed by atoms with Gasteiger partial charge < -0.3 is 14.8 Å². The first-order valence-corrected chi connectivity index (χ1v) is 11.7. The summed E-state index contributed by atoms with van der Waals surface area (Å²) in [4.78, 5) is 17.1. The Morgan fingerprint density at radius 2 is 1.90 bits per heavy atom. The van der Waals surface area contributed by atoms with Gasteiger partial charge in [-0.3, -0.25) is 4.79 Å². The molecule has 0 spiro atoms. The molecule has 2 aromatic rings. The quantitative estimate of drug-likeness (QED) is 0.624. The number of carbonyl (C=O) groups excluding carboxylic acids is 1. The second kappa shape index (κ2) is 11.6. The number of benzene rings is 1. The van der Waals surface area contributed by atoms with E-state index >= 15 is 0 Å². The van der Waals surface area contributed by atoms with Crippen molar-refractivity contribution in [2.75, 3.05) is 26.5 Å². The zero-order valence-corrected chi connectivity index (χ0v) is 19.0. The number of nitriles is 1. The maximum absolute atomic E-state index is 12.3. The highest BCUT2D eigenvalue weighted by Gasteiger charge is 2.15. The predicted octanol–water partition coefficient (Wildman–Crippen LogP) is 4.08. The van der Waals surface area contributed by atoms with Crippen LogP contribution in [-0.2, 0) is 24.1 Å². The number of fused-ring (bicyclic) bond motifs is 1. The van der Waals surface area contributed by atoms with Gasteiger partial charge in [0.1, 0.15) is 11.1 Å². The van der Waals surface area contributed by atoms with Crippen LogP contribution < -0.4 is 14.8 Å². The second-order valence-corrected chi connectivity index (χ2v) is 8.51. The normalized spacial score (nSPS) is 13.3. The minimum absolute atomic E-state index is 0.0668. The molecule has 0 atom stereocenters. The highest BCUT2D eigenvalue weighted by molar-refractivity contribution is 8.00. The van der Waals surface area contributed by atoms with E-state index in [4.69, 9.17) is 14.5 Å². The van der Waals surface area contributed by atoms with Crippen LogP contribution in [0.15, 0.2) is 29.3 Å². The Morgan fingerprint density at radius 3 is 2.65 bits per heavy atom. The molecule has 0 fully saturated rings. The molecule has 1 N–H and O–H groups in total. The number of amides is 1. The molecule has 0 bridgehead atoms. The molecule has 0 aliphatic heterocycles. The molecule has 1 aromatic carbocycles. The number of hydrogen-bond acceptors (Lipinski definition) is 6. The van der Waals surface area contributed by atoms with Crippen LogP contribution in [0.1, 0.15) is 48.1 Å². The van der Waals surface area contributed by atoms with Gasteiger partial charge in [0.05, 0.1) is 25.5 Å². The summed E-state index contributed by atoms with van der Waals surface area (Å²) >= 11 is 1.34. The van der Waals surface area contributed by atoms with Crippen molar-refractivity contribution in [3.05, 3.63) is 46.6 Å². The van der Waals surface area contributed by atoms with Crippen molar-refractivity contribution < 1.29 is 14.3 Å². The first-order valence-electron chi connectivity index (χ1n) is 10.7. The molecular formula is C24H29N3O3S. The molecule has 1 heterocycles. The summed E-state index contributed by atoms with van der Waals surface area (Å²) in [5, 5.41) is 13.1. The summed E-state index contributed by atoms with van der Waals surface area (Å²) in [5.74, 6) is 1.54. The Bertz CT molecular complexity index is 956. The van der Waals surface area contributed by atoms with Crippen molar-refractivity contribution in [3.8, 4) is 17.6 Å². The van der Waals surface area contributed by atoms with E-state index in [0.717, 1.165) is 36.9 Å². The van der Waals surface area contributed by atoms with Gasteiger partial charge in [0.2, 0.25) is 5.91 Å². The number of methoxy groups -OCH3 is 2. The van der Waals surface area contributed by atoms with Crippen molar-refractivity contribution >= 4 is 17.7 Å². The fraction of sp³-hybridized carbons (Fsp3) is 0.458. The van der Waals surface area contributed by atoms with Crippen molar-refractivity contribution in [1.29, 1.82) is 5.26 Å². The van der Waals surface area contributed by atoms with E-state index in [2.05, 4.69) is 11.4 Å². The number of nitrogens with zero attached hydrogens (tertiary/aromatic N) is 2. The maximum Gasteiger partial charge on any atom is 0.230 e. The van der Waals surface area contributed by atoms with Gasteiger partial charge in [-0.05, 0) is 61.4 Å². The summed E-state index contributed by atoms with van der Waals surface area (Å²) in [6.45, 7) is 0.525. The van der Waals surface area contributed by atoms with E-state index in [-0.39, 0.29) is 11.7 Å². The third-order valence-corrected chi connectivity index (χ3v) is 6.40. The van der Waals surface area contributed by atoms with Crippen molar-refractivity contribution in [2.24, 2.45) is 0 Å². The van der Waals surface area contributed by atoms with Gasteiger partial charge in [-0.15, -0.1) is 0 Å². The van der Waals surface area contributed by atoms with Crippen LogP contribution in [0.2, 0.25) is 0 Å². The molecule has 7 heteroatoms. The van der Waals surface area contributed by atoms with Crippen molar-refractivity contribution in [2.45, 2.75) is 50.0 Å². The number of hydrogen-bond donors (Lipinski definition) is 1. The molecule has 1 aliphatic rings. The molecule has 0 saturated carbocycles. The average molecular weight is 440 g/mol. The summed E-state index contributed by atoms with van der Waals surface area (Å²) in [7, 11) is 3.21. The SMILES string of the molecule is COc1ccc(CCNC(=O)CSc2nc3c(cc2C#N)CCCCCC3)cc1OC. The zero-order chi connectivity index (χ0) is 22.1. The maximum atomic E-state index is 12.3. The van der Waals surface area contributed by atoms with Gasteiger partial charge >= 0.3 is 0 Å². The number of carbonyl (C=O) groups is 1. The molecule has 1 amide bonds. The zero-order valence-electron chi connectivity index (χ0n) is 18.2. The Balaban J connectivity index is 1.53. The largest absolute Gasteiger partial charge is 0.493 e. The van der Waals surface area contributed by atoms with E-state index in [9.17, 15) is 10.1 Å². The average Bonchev–Trinajstić information content (AvgIpc) is 2.78. The molecule has 31 heavy (non-hydrogen) atoms. The lowest BCUT2D eigenvalue weighted by Crippen LogP contribution is -2.27. The van der Waals surface area contributed by atoms with E-state index in [1.165, 1.54) is 30.2 Å². The van der Waals surface area contributed by atoms with Crippen LogP contribution in [0.5, 0.6) is 11.5 Å². The summed E-state index contributed by atoms with van der Waals surface area (Å²) in [5.41, 5.74) is 3.91. The standard InChI is InChI=1S/C24H29N3O3S/c1-29-21-10-9-17(13-22(21)30-2)11-12-26-23(28)16-31-24-19(15-25)14-18-7-5-3-4-6-8-20(18)27-24/h9-10,13-14H,3-8,11-12,16H2,1-2H3,(H,26,28). The highest BCUT2D eigenvalue weighted by Crippen LogP contribution is 2.28. The Labute approximate surface area is 188 Å². The predicted molar refractivity (Wildman–Crippen MR) is 122 cm³/mol. The lowest BCUT2D eigenvalue weighted by atomic mass is 9.96. The first kappa shape index (κ1) is 23.0. The Hall–Kier alpha value is -2.72. The van der Waals surface area contributed by atoms with E-state index in [1.54, 1.807) is 14.2 Å². The van der Waals surface area contributed by atoms with E-state index in [1.807, 2.05) is 24.3 Å². The van der Waals surface area contributed by atoms with Crippen LogP contribution in [-0.4, -0.2) is 37.4 Å². The monoisotopic (exact) mass is 439 g/mol. The fourth-order valence-electron chi connectivity index (χ4n) is 3.73. The number of rotatable bonds is 8. The van der Waals surface area contributed by atoms with Crippen LogP contribution in [0.3, 0.4) is 0 Å². The van der Waals surface area contributed by atoms with E-state index in [0.29, 0.717) is 35.1 Å². The van der Waals surface area contributed by atoms with Gasteiger partial charge in [0.25, 0.3) is 0 Å². The van der Waals surface area contributed by atoms with Gasteiger partial charge in [-0.1, -0.05) is 30.7 Å². The third kappa shape index (κ3) is 6.38. The topological polar surface area (TPSA) is 84.2 Å². The van der Waals surface area contributed by atoms with Crippen molar-refractivity contribution in [1.82, 2.24) is 10.3 Å². The minimum atomic E-state index is -0.0668. The Kier molecular flexibility index (Phi) is 8.60. The highest BCUT2D eigenvalue weighted by atomic mass is 32.2. The van der Waals surface area contributed by atoms with Crippen molar-refractivity contribution in [3.63, 3.8) is 0 Å². The lowest BCUT2D eigenvalue weighted by molar-refractivity contribution is -0.118. The van der Waals surface area contributed by atoms with Crippen LogP contribution >= 0.6 is 11.8 Å². The molecule has 0 unspecified atom stereocenters. The fourth-order valence-corrected chi connectivity index (χ4v) is 4.53. The number of aromatic nitrogens is 1. The smallest absolute Gasteiger partial charge is 0.230 e. The van der Waals surface area contributed by atoms with Gasteiger partial charge in [-0.25, -0.2) is 4.98 Å². The van der Waals surface area contributed by atoms with E-state index < -0.39 is 0 Å². The molecular weight excluding hydrogens is 410 g/mol. The number of pyridine rings is 1. The van der Waals surface area contributed by atoms with Crippen LogP contribution in [0, 0.1) is 11.3 Å². The second-order valence-electron chi connectivity index (χ2n) is 7.55. The third-order valence-electron chi connectivity index (χ3n) is 5.41. The summed E-state index contributed by atoms with van der Waals surface area (Å²) < 4.78 is 10.6. The molecule has 0 saturated heterocycles. The van der Waals surface area contributed by atoms with Gasteiger partial charge in [0.15, 0.2) is 11.5 Å². The molecule has 164 valence electrons. The van der Waals surface area contributed by atoms with Gasteiger partial charge in [0, 0.05) is 12.2 Å².